The summed E-state index contributed by atoms with van der Waals surface area (Å²) in [6, 6.07) is 7.98. The number of anilines is 1. The second kappa shape index (κ2) is 7.56. The number of hydrogen-bond donors (Lipinski definition) is 2. The molecule has 1 aliphatic rings. The van der Waals surface area contributed by atoms with E-state index in [4.69, 9.17) is 0 Å². The molecule has 1 heterocycles. The smallest absolute Gasteiger partial charge is 0.241 e. The van der Waals surface area contributed by atoms with E-state index in [1.54, 1.807) is 11.8 Å². The van der Waals surface area contributed by atoms with Crippen molar-refractivity contribution in [3.8, 4) is 0 Å². The van der Waals surface area contributed by atoms with Gasteiger partial charge in [-0.05, 0) is 37.3 Å². The van der Waals surface area contributed by atoms with Gasteiger partial charge >= 0.3 is 0 Å². The summed E-state index contributed by atoms with van der Waals surface area (Å²) in [5.74, 6) is 1.11. The lowest BCUT2D eigenvalue weighted by atomic mass is 10.1. The summed E-state index contributed by atoms with van der Waals surface area (Å²) >= 11 is 1.76. The van der Waals surface area contributed by atoms with Crippen molar-refractivity contribution in [2.24, 2.45) is 0 Å². The number of rotatable bonds is 4. The van der Waals surface area contributed by atoms with E-state index in [1.165, 1.54) is 12.8 Å². The highest BCUT2D eigenvalue weighted by molar-refractivity contribution is 7.99. The molecule has 4 heteroatoms. The van der Waals surface area contributed by atoms with Crippen molar-refractivity contribution in [2.75, 3.05) is 17.6 Å². The van der Waals surface area contributed by atoms with Crippen LogP contribution in [0.5, 0.6) is 0 Å². The minimum Gasteiger partial charge on any atom is -0.324 e. The van der Waals surface area contributed by atoms with E-state index in [2.05, 4.69) is 23.6 Å². The third kappa shape index (κ3) is 4.25. The number of amides is 1. The summed E-state index contributed by atoms with van der Waals surface area (Å²) in [4.78, 5) is 13.4. The summed E-state index contributed by atoms with van der Waals surface area (Å²) in [7, 11) is 0. The first-order valence-electron chi connectivity index (χ1n) is 7.07. The van der Waals surface area contributed by atoms with Crippen LogP contribution in [0.15, 0.2) is 29.2 Å². The van der Waals surface area contributed by atoms with E-state index in [9.17, 15) is 4.79 Å². The Hall–Kier alpha value is -1.00. The molecule has 19 heavy (non-hydrogen) atoms. The highest BCUT2D eigenvalue weighted by Crippen LogP contribution is 2.26. The molecular weight excluding hydrogens is 256 g/mol. The van der Waals surface area contributed by atoms with Gasteiger partial charge in [-0.25, -0.2) is 0 Å². The van der Waals surface area contributed by atoms with Gasteiger partial charge in [-0.3, -0.25) is 4.79 Å². The predicted molar refractivity (Wildman–Crippen MR) is 81.7 cm³/mol. The van der Waals surface area contributed by atoms with Gasteiger partial charge in [0.05, 0.1) is 11.7 Å². The van der Waals surface area contributed by atoms with Crippen LogP contribution < -0.4 is 10.6 Å². The van der Waals surface area contributed by atoms with Crippen molar-refractivity contribution in [1.29, 1.82) is 0 Å². The first kappa shape index (κ1) is 14.4. The summed E-state index contributed by atoms with van der Waals surface area (Å²) in [6.07, 6.45) is 4.47. The summed E-state index contributed by atoms with van der Waals surface area (Å²) in [5.41, 5.74) is 0.936. The first-order chi connectivity index (χ1) is 9.31. The van der Waals surface area contributed by atoms with Gasteiger partial charge in [-0.2, -0.15) is 0 Å². The van der Waals surface area contributed by atoms with Crippen LogP contribution in [0.4, 0.5) is 5.69 Å². The maximum absolute atomic E-state index is 12.3. The lowest BCUT2D eigenvalue weighted by Crippen LogP contribution is -2.39. The Kier molecular flexibility index (Phi) is 5.73. The van der Waals surface area contributed by atoms with Gasteiger partial charge < -0.3 is 10.6 Å². The highest BCUT2D eigenvalue weighted by atomic mass is 32.2. The molecule has 1 amide bonds. The third-order valence-electron chi connectivity index (χ3n) is 3.32. The average molecular weight is 278 g/mol. The van der Waals surface area contributed by atoms with Gasteiger partial charge in [0.25, 0.3) is 0 Å². The van der Waals surface area contributed by atoms with Crippen molar-refractivity contribution in [3.63, 3.8) is 0 Å². The monoisotopic (exact) mass is 278 g/mol. The molecule has 1 saturated heterocycles. The zero-order valence-electron chi connectivity index (χ0n) is 11.4. The summed E-state index contributed by atoms with van der Waals surface area (Å²) in [5, 5.41) is 6.40. The Balaban J connectivity index is 2.01. The second-order valence-corrected chi connectivity index (χ2v) is 6.08. The largest absolute Gasteiger partial charge is 0.324 e. The lowest BCUT2D eigenvalue weighted by molar-refractivity contribution is -0.118. The zero-order chi connectivity index (χ0) is 13.5. The highest BCUT2D eigenvalue weighted by Gasteiger charge is 2.20. The molecule has 1 fully saturated rings. The number of hydrogen-bond acceptors (Lipinski definition) is 3. The van der Waals surface area contributed by atoms with E-state index in [-0.39, 0.29) is 11.9 Å². The van der Waals surface area contributed by atoms with Crippen LogP contribution in [0, 0.1) is 0 Å². The fourth-order valence-electron chi connectivity index (χ4n) is 2.32. The fourth-order valence-corrected chi connectivity index (χ4v) is 3.08. The van der Waals surface area contributed by atoms with Crippen molar-refractivity contribution >= 4 is 23.4 Å². The van der Waals surface area contributed by atoms with E-state index in [0.717, 1.165) is 35.7 Å². The molecular formula is C15H22N2OS. The van der Waals surface area contributed by atoms with Gasteiger partial charge in [0.1, 0.15) is 0 Å². The van der Waals surface area contributed by atoms with Crippen LogP contribution in [0.3, 0.4) is 0 Å². The number of nitrogens with one attached hydrogen (secondary N) is 2. The second-order valence-electron chi connectivity index (χ2n) is 4.77. The molecule has 104 valence electrons. The Morgan fingerprint density at radius 1 is 1.37 bits per heavy atom. The summed E-state index contributed by atoms with van der Waals surface area (Å²) in [6.45, 7) is 3.07. The van der Waals surface area contributed by atoms with E-state index >= 15 is 0 Å². The Morgan fingerprint density at radius 2 is 2.21 bits per heavy atom. The molecule has 2 N–H and O–H groups in total. The topological polar surface area (TPSA) is 41.1 Å². The molecule has 1 atom stereocenters. The molecule has 0 aromatic heterocycles. The molecule has 0 radical (unpaired) electrons. The maximum atomic E-state index is 12.3. The number of benzene rings is 1. The maximum Gasteiger partial charge on any atom is 0.241 e. The number of para-hydroxylation sites is 1. The third-order valence-corrected chi connectivity index (χ3v) is 4.28. The summed E-state index contributed by atoms with van der Waals surface area (Å²) < 4.78 is 0. The molecule has 0 bridgehead atoms. The fraction of sp³-hybridized carbons (Fsp3) is 0.533. The number of carbonyl (C=O) groups is 1. The van der Waals surface area contributed by atoms with Crippen molar-refractivity contribution in [2.45, 2.75) is 43.5 Å². The van der Waals surface area contributed by atoms with Crippen LogP contribution in [0.25, 0.3) is 0 Å². The molecule has 1 aromatic rings. The molecule has 1 aliphatic heterocycles. The molecule has 0 aliphatic carbocycles. The van der Waals surface area contributed by atoms with Gasteiger partial charge in [0.2, 0.25) is 5.91 Å². The van der Waals surface area contributed by atoms with E-state index < -0.39 is 0 Å². The van der Waals surface area contributed by atoms with Gasteiger partial charge in [-0.1, -0.05) is 31.9 Å². The van der Waals surface area contributed by atoms with Crippen LogP contribution >= 0.6 is 11.8 Å². The lowest BCUT2D eigenvalue weighted by Gasteiger charge is -2.17. The van der Waals surface area contributed by atoms with Crippen LogP contribution in [-0.4, -0.2) is 24.2 Å². The van der Waals surface area contributed by atoms with Crippen LogP contribution in [0.2, 0.25) is 0 Å². The Morgan fingerprint density at radius 3 is 3.05 bits per heavy atom. The molecule has 3 nitrogen and oxygen atoms in total. The minimum atomic E-state index is -0.0396. The Labute approximate surface area is 119 Å². The van der Waals surface area contributed by atoms with Gasteiger partial charge in [-0.15, -0.1) is 11.8 Å². The average Bonchev–Trinajstić information content (AvgIpc) is 2.70. The molecule has 1 unspecified atom stereocenters. The van der Waals surface area contributed by atoms with Crippen LogP contribution in [-0.2, 0) is 4.79 Å². The molecule has 0 saturated carbocycles. The van der Waals surface area contributed by atoms with Gasteiger partial charge in [0.15, 0.2) is 0 Å². The van der Waals surface area contributed by atoms with Crippen molar-refractivity contribution in [3.05, 3.63) is 24.3 Å². The number of carbonyl (C=O) groups excluding carboxylic acids is 1. The first-order valence-corrected chi connectivity index (χ1v) is 8.06. The zero-order valence-corrected chi connectivity index (χ0v) is 12.3. The van der Waals surface area contributed by atoms with E-state index in [1.807, 2.05) is 18.2 Å². The predicted octanol–water partition coefficient (Wildman–Crippen LogP) is 3.27. The molecule has 0 spiro atoms. The van der Waals surface area contributed by atoms with Crippen molar-refractivity contribution < 1.29 is 4.79 Å². The number of thioether (sulfide) groups is 1. The SMILES string of the molecule is CCSc1ccccc1NC(=O)C1CCCCCN1. The minimum absolute atomic E-state index is 0.0396. The molecule has 1 aromatic carbocycles. The quantitative estimate of drug-likeness (QED) is 0.831. The standard InChI is InChI=1S/C15H22N2OS/c1-2-19-14-10-6-5-8-12(14)17-15(18)13-9-4-3-7-11-16-13/h5-6,8,10,13,16H,2-4,7,9,11H2,1H3,(H,17,18). The van der Waals surface area contributed by atoms with Crippen LogP contribution in [0.1, 0.15) is 32.6 Å². The van der Waals surface area contributed by atoms with E-state index in [0.29, 0.717) is 0 Å². The Bertz CT molecular complexity index is 414. The van der Waals surface area contributed by atoms with Gasteiger partial charge in [0, 0.05) is 4.90 Å². The normalized spacial score (nSPS) is 19.7. The van der Waals surface area contributed by atoms with Crippen molar-refractivity contribution in [1.82, 2.24) is 5.32 Å². The molecule has 2 rings (SSSR count).